The molecule has 2 aliphatic rings. The van der Waals surface area contributed by atoms with Gasteiger partial charge < -0.3 is 24.3 Å². The molecule has 0 saturated heterocycles. The van der Waals surface area contributed by atoms with E-state index in [1.165, 1.54) is 0 Å². The maximum Gasteiger partial charge on any atom is 0.322 e. The number of hydrogen-bond donors (Lipinski definition) is 1. The SMILES string of the molecule is O=C(Nc1ccc2c(c1)OCCO2)N1Cc2ccccc2-n2cccc2[C@@H]1c1cccc(Cl)c1. The number of halogens is 1. The van der Waals surface area contributed by atoms with Crippen LogP contribution in [0, 0.1) is 0 Å². The molecule has 2 amide bonds. The molecule has 3 aromatic carbocycles. The average molecular weight is 472 g/mol. The van der Waals surface area contributed by atoms with Crippen LogP contribution in [0.3, 0.4) is 0 Å². The Morgan fingerprint density at radius 3 is 2.65 bits per heavy atom. The minimum Gasteiger partial charge on any atom is -0.486 e. The lowest BCUT2D eigenvalue weighted by Gasteiger charge is -2.31. The van der Waals surface area contributed by atoms with Crippen molar-refractivity contribution < 1.29 is 14.3 Å². The van der Waals surface area contributed by atoms with Crippen LogP contribution in [0.5, 0.6) is 11.5 Å². The van der Waals surface area contributed by atoms with Crippen molar-refractivity contribution in [3.63, 3.8) is 0 Å². The number of ether oxygens (including phenoxy) is 2. The third kappa shape index (κ3) is 3.66. The molecule has 0 saturated carbocycles. The molecule has 3 heterocycles. The molecular weight excluding hydrogens is 450 g/mol. The average Bonchev–Trinajstić information content (AvgIpc) is 3.28. The number of fused-ring (bicyclic) bond motifs is 4. The summed E-state index contributed by atoms with van der Waals surface area (Å²) in [6.45, 7) is 1.44. The molecule has 0 spiro atoms. The number of benzene rings is 3. The summed E-state index contributed by atoms with van der Waals surface area (Å²) in [5.74, 6) is 1.31. The van der Waals surface area contributed by atoms with E-state index in [4.69, 9.17) is 21.1 Å². The quantitative estimate of drug-likeness (QED) is 0.388. The van der Waals surface area contributed by atoms with Gasteiger partial charge in [-0.15, -0.1) is 0 Å². The number of carbonyl (C=O) groups is 1. The van der Waals surface area contributed by atoms with Crippen LogP contribution in [0.2, 0.25) is 5.02 Å². The fraction of sp³-hybridized carbons (Fsp3) is 0.148. The van der Waals surface area contributed by atoms with E-state index in [0.717, 1.165) is 22.5 Å². The van der Waals surface area contributed by atoms with Gasteiger partial charge in [-0.3, -0.25) is 0 Å². The van der Waals surface area contributed by atoms with Gasteiger partial charge in [-0.25, -0.2) is 4.79 Å². The highest BCUT2D eigenvalue weighted by molar-refractivity contribution is 6.30. The monoisotopic (exact) mass is 471 g/mol. The first-order valence-electron chi connectivity index (χ1n) is 11.2. The number of anilines is 1. The summed E-state index contributed by atoms with van der Waals surface area (Å²) in [7, 11) is 0. The largest absolute Gasteiger partial charge is 0.486 e. The van der Waals surface area contributed by atoms with Gasteiger partial charge in [0.05, 0.1) is 18.3 Å². The molecule has 4 aromatic rings. The summed E-state index contributed by atoms with van der Waals surface area (Å²) in [5.41, 5.74) is 4.69. The highest BCUT2D eigenvalue weighted by atomic mass is 35.5. The number of hydrogen-bond acceptors (Lipinski definition) is 3. The minimum absolute atomic E-state index is 0.217. The fourth-order valence-electron chi connectivity index (χ4n) is 4.68. The van der Waals surface area contributed by atoms with Crippen LogP contribution in [0.25, 0.3) is 5.69 Å². The maximum absolute atomic E-state index is 13.8. The summed E-state index contributed by atoms with van der Waals surface area (Å²) in [6.07, 6.45) is 2.04. The lowest BCUT2D eigenvalue weighted by atomic mass is 10.0. The van der Waals surface area contributed by atoms with Gasteiger partial charge in [0.2, 0.25) is 0 Å². The lowest BCUT2D eigenvalue weighted by molar-refractivity contribution is 0.171. The number of para-hydroxylation sites is 1. The first-order valence-corrected chi connectivity index (χ1v) is 11.5. The Labute approximate surface area is 202 Å². The van der Waals surface area contributed by atoms with E-state index in [0.29, 0.717) is 42.0 Å². The zero-order chi connectivity index (χ0) is 23.1. The van der Waals surface area contributed by atoms with Crippen LogP contribution in [0.1, 0.15) is 22.9 Å². The maximum atomic E-state index is 13.8. The smallest absolute Gasteiger partial charge is 0.322 e. The molecule has 0 bridgehead atoms. The molecule has 1 aromatic heterocycles. The Kier molecular flexibility index (Phi) is 5.15. The van der Waals surface area contributed by atoms with Gasteiger partial charge in [0.15, 0.2) is 11.5 Å². The molecule has 0 unspecified atom stereocenters. The predicted octanol–water partition coefficient (Wildman–Crippen LogP) is 6.04. The van der Waals surface area contributed by atoms with Crippen LogP contribution in [0.4, 0.5) is 10.5 Å². The summed E-state index contributed by atoms with van der Waals surface area (Å²) in [4.78, 5) is 15.6. The van der Waals surface area contributed by atoms with Gasteiger partial charge >= 0.3 is 6.03 Å². The third-order valence-corrected chi connectivity index (χ3v) is 6.42. The second kappa shape index (κ2) is 8.47. The molecule has 0 fully saturated rings. The molecule has 0 radical (unpaired) electrons. The van der Waals surface area contributed by atoms with E-state index < -0.39 is 0 Å². The first kappa shape index (κ1) is 20.7. The standard InChI is InChI=1S/C27H22ClN3O3/c28-20-7-3-6-18(15-20)26-23-9-4-12-30(23)22-8-2-1-5-19(22)17-31(26)27(32)29-21-10-11-24-25(16-21)34-14-13-33-24/h1-12,15-16,26H,13-14,17H2,(H,29,32)/t26-/m0/s1. The van der Waals surface area contributed by atoms with Crippen molar-refractivity contribution in [3.8, 4) is 17.2 Å². The van der Waals surface area contributed by atoms with E-state index >= 15 is 0 Å². The highest BCUT2D eigenvalue weighted by Gasteiger charge is 2.33. The summed E-state index contributed by atoms with van der Waals surface area (Å²) in [5, 5.41) is 3.70. The van der Waals surface area contributed by atoms with Crippen LogP contribution >= 0.6 is 11.6 Å². The molecule has 7 heteroatoms. The van der Waals surface area contributed by atoms with Crippen LogP contribution in [-0.4, -0.2) is 28.7 Å². The lowest BCUT2D eigenvalue weighted by Crippen LogP contribution is -2.38. The number of carbonyl (C=O) groups excluding carboxylic acids is 1. The van der Waals surface area contributed by atoms with Crippen molar-refractivity contribution in [2.24, 2.45) is 0 Å². The predicted molar refractivity (Wildman–Crippen MR) is 131 cm³/mol. The second-order valence-electron chi connectivity index (χ2n) is 8.31. The van der Waals surface area contributed by atoms with Gasteiger partial charge in [-0.2, -0.15) is 0 Å². The van der Waals surface area contributed by atoms with Crippen molar-refractivity contribution in [2.45, 2.75) is 12.6 Å². The number of nitrogens with zero attached hydrogens (tertiary/aromatic N) is 2. The third-order valence-electron chi connectivity index (χ3n) is 6.18. The van der Waals surface area contributed by atoms with Crippen molar-refractivity contribution >= 4 is 23.3 Å². The van der Waals surface area contributed by atoms with Gasteiger partial charge in [0.1, 0.15) is 13.2 Å². The molecule has 1 atom stereocenters. The molecule has 170 valence electrons. The zero-order valence-electron chi connectivity index (χ0n) is 18.3. The Balaban J connectivity index is 1.43. The van der Waals surface area contributed by atoms with Crippen LogP contribution in [0.15, 0.2) is 85.1 Å². The molecule has 34 heavy (non-hydrogen) atoms. The van der Waals surface area contributed by atoms with Crippen LogP contribution in [-0.2, 0) is 6.54 Å². The molecular formula is C27H22ClN3O3. The van der Waals surface area contributed by atoms with Crippen LogP contribution < -0.4 is 14.8 Å². The van der Waals surface area contributed by atoms with E-state index in [1.54, 1.807) is 6.07 Å². The minimum atomic E-state index is -0.335. The van der Waals surface area contributed by atoms with Gasteiger partial charge in [-0.1, -0.05) is 41.9 Å². The van der Waals surface area contributed by atoms with Gasteiger partial charge in [0, 0.05) is 28.7 Å². The van der Waals surface area contributed by atoms with E-state index in [-0.39, 0.29) is 12.1 Å². The molecule has 0 aliphatic carbocycles. The number of urea groups is 1. The summed E-state index contributed by atoms with van der Waals surface area (Å²) in [6, 6.07) is 24.8. The fourth-order valence-corrected chi connectivity index (χ4v) is 4.88. The number of rotatable bonds is 2. The first-order chi connectivity index (χ1) is 16.7. The number of nitrogens with one attached hydrogen (secondary N) is 1. The summed E-state index contributed by atoms with van der Waals surface area (Å²) >= 11 is 6.37. The van der Waals surface area contributed by atoms with Crippen molar-refractivity contribution in [2.75, 3.05) is 18.5 Å². The van der Waals surface area contributed by atoms with E-state index in [1.807, 2.05) is 65.7 Å². The molecule has 2 aliphatic heterocycles. The number of amides is 2. The summed E-state index contributed by atoms with van der Waals surface area (Å²) < 4.78 is 13.4. The van der Waals surface area contributed by atoms with Gasteiger partial charge in [0.25, 0.3) is 0 Å². The Morgan fingerprint density at radius 1 is 0.912 bits per heavy atom. The van der Waals surface area contributed by atoms with E-state index in [9.17, 15) is 4.79 Å². The molecule has 6 rings (SSSR count). The van der Waals surface area contributed by atoms with Gasteiger partial charge in [-0.05, 0) is 53.6 Å². The Morgan fingerprint density at radius 2 is 1.76 bits per heavy atom. The van der Waals surface area contributed by atoms with Crippen molar-refractivity contribution in [1.29, 1.82) is 0 Å². The van der Waals surface area contributed by atoms with E-state index in [2.05, 4.69) is 28.1 Å². The molecule has 1 N–H and O–H groups in total. The second-order valence-corrected chi connectivity index (χ2v) is 8.74. The van der Waals surface area contributed by atoms with Crippen molar-refractivity contribution in [1.82, 2.24) is 9.47 Å². The normalized spacial score (nSPS) is 16.3. The zero-order valence-corrected chi connectivity index (χ0v) is 19.0. The Hall–Kier alpha value is -3.90. The molecule has 6 nitrogen and oxygen atoms in total. The number of aromatic nitrogens is 1. The topological polar surface area (TPSA) is 55.7 Å². The van der Waals surface area contributed by atoms with Crippen molar-refractivity contribution in [3.05, 3.63) is 107 Å². The Bertz CT molecular complexity index is 1380. The highest BCUT2D eigenvalue weighted by Crippen LogP contribution is 2.38.